The molecule has 0 aliphatic heterocycles. The van der Waals surface area contributed by atoms with Gasteiger partial charge in [0.2, 0.25) is 0 Å². The molecule has 0 saturated heterocycles. The molecule has 1 unspecified atom stereocenters. The monoisotopic (exact) mass is 281 g/mol. The molecule has 2 rings (SSSR count). The van der Waals surface area contributed by atoms with Crippen molar-refractivity contribution in [2.24, 2.45) is 0 Å². The zero-order valence-corrected chi connectivity index (χ0v) is 11.4. The standard InChI is InChI=1S/C13H16ClN3O2/c1-2-13(18)12-9-17(16-15-12)6-7-19-11-5-3-4-10(14)8-11/h3-5,8-9,13,18H,2,6-7H2,1H3. The van der Waals surface area contributed by atoms with Crippen molar-refractivity contribution in [3.63, 3.8) is 0 Å². The van der Waals surface area contributed by atoms with Crippen LogP contribution in [-0.2, 0) is 6.54 Å². The fraction of sp³-hybridized carbons (Fsp3) is 0.385. The van der Waals surface area contributed by atoms with Crippen LogP contribution < -0.4 is 4.74 Å². The maximum Gasteiger partial charge on any atom is 0.120 e. The average Bonchev–Trinajstić information content (AvgIpc) is 2.87. The Morgan fingerprint density at radius 1 is 1.47 bits per heavy atom. The highest BCUT2D eigenvalue weighted by Gasteiger charge is 2.09. The normalized spacial score (nSPS) is 12.4. The van der Waals surface area contributed by atoms with Crippen molar-refractivity contribution in [2.45, 2.75) is 26.0 Å². The highest BCUT2D eigenvalue weighted by atomic mass is 35.5. The summed E-state index contributed by atoms with van der Waals surface area (Å²) in [6.45, 7) is 2.92. The van der Waals surface area contributed by atoms with Crippen LogP contribution in [-0.4, -0.2) is 26.7 Å². The first-order valence-corrected chi connectivity index (χ1v) is 6.53. The van der Waals surface area contributed by atoms with Gasteiger partial charge in [-0.05, 0) is 24.6 Å². The molecular formula is C13H16ClN3O2. The summed E-state index contributed by atoms with van der Waals surface area (Å²) in [5.74, 6) is 0.724. The minimum Gasteiger partial charge on any atom is -0.492 e. The number of aliphatic hydroxyl groups is 1. The van der Waals surface area contributed by atoms with Gasteiger partial charge < -0.3 is 9.84 Å². The van der Waals surface area contributed by atoms with Crippen LogP contribution in [0, 0.1) is 0 Å². The first kappa shape index (κ1) is 13.8. The summed E-state index contributed by atoms with van der Waals surface area (Å²) in [6, 6.07) is 7.24. The first-order valence-electron chi connectivity index (χ1n) is 6.15. The van der Waals surface area contributed by atoms with Gasteiger partial charge in [0, 0.05) is 5.02 Å². The summed E-state index contributed by atoms with van der Waals surface area (Å²) in [7, 11) is 0. The van der Waals surface area contributed by atoms with Crippen LogP contribution in [0.15, 0.2) is 30.5 Å². The molecule has 0 amide bonds. The Hall–Kier alpha value is -1.59. The second-order valence-corrected chi connectivity index (χ2v) is 4.57. The average molecular weight is 282 g/mol. The highest BCUT2D eigenvalue weighted by Crippen LogP contribution is 2.17. The molecule has 1 aromatic carbocycles. The first-order chi connectivity index (χ1) is 9.19. The Morgan fingerprint density at radius 2 is 2.32 bits per heavy atom. The number of hydrogen-bond acceptors (Lipinski definition) is 4. The third-order valence-corrected chi connectivity index (χ3v) is 2.90. The smallest absolute Gasteiger partial charge is 0.120 e. The number of nitrogens with zero attached hydrogens (tertiary/aromatic N) is 3. The molecule has 6 heteroatoms. The molecule has 5 nitrogen and oxygen atoms in total. The molecule has 19 heavy (non-hydrogen) atoms. The summed E-state index contributed by atoms with van der Waals surface area (Å²) in [5.41, 5.74) is 0.588. The summed E-state index contributed by atoms with van der Waals surface area (Å²) in [5, 5.41) is 18.1. The maximum atomic E-state index is 9.61. The summed E-state index contributed by atoms with van der Waals surface area (Å²) in [6.07, 6.45) is 1.80. The number of aromatic nitrogens is 3. The van der Waals surface area contributed by atoms with Crippen molar-refractivity contribution in [1.29, 1.82) is 0 Å². The Bertz CT molecular complexity index is 530. The van der Waals surface area contributed by atoms with Gasteiger partial charge in [0.25, 0.3) is 0 Å². The van der Waals surface area contributed by atoms with Gasteiger partial charge in [0.15, 0.2) is 0 Å². The Labute approximate surface area is 116 Å². The van der Waals surface area contributed by atoms with Crippen molar-refractivity contribution in [2.75, 3.05) is 6.61 Å². The lowest BCUT2D eigenvalue weighted by atomic mass is 10.2. The number of benzene rings is 1. The molecule has 1 heterocycles. The minimum atomic E-state index is -0.553. The van der Waals surface area contributed by atoms with Crippen molar-refractivity contribution in [3.8, 4) is 5.75 Å². The van der Waals surface area contributed by atoms with Crippen LogP contribution in [0.2, 0.25) is 5.02 Å². The van der Waals surface area contributed by atoms with E-state index in [-0.39, 0.29) is 0 Å². The van der Waals surface area contributed by atoms with Gasteiger partial charge in [-0.3, -0.25) is 0 Å². The van der Waals surface area contributed by atoms with Gasteiger partial charge in [0.1, 0.15) is 18.1 Å². The predicted octanol–water partition coefficient (Wildman–Crippen LogP) is 2.45. The molecule has 1 aromatic heterocycles. The van der Waals surface area contributed by atoms with Crippen LogP contribution in [0.4, 0.5) is 0 Å². The summed E-state index contributed by atoms with van der Waals surface area (Å²) < 4.78 is 7.20. The molecule has 102 valence electrons. The van der Waals surface area contributed by atoms with Gasteiger partial charge in [-0.1, -0.05) is 29.8 Å². The van der Waals surface area contributed by atoms with E-state index >= 15 is 0 Å². The molecule has 0 aliphatic rings. The molecule has 2 aromatic rings. The molecule has 1 atom stereocenters. The lowest BCUT2D eigenvalue weighted by Gasteiger charge is -2.06. The largest absolute Gasteiger partial charge is 0.492 e. The second-order valence-electron chi connectivity index (χ2n) is 4.14. The zero-order valence-electron chi connectivity index (χ0n) is 10.7. The number of aliphatic hydroxyl groups excluding tert-OH is 1. The molecule has 0 radical (unpaired) electrons. The van der Waals surface area contributed by atoms with E-state index in [0.717, 1.165) is 5.75 Å². The SMILES string of the molecule is CCC(O)c1cn(CCOc2cccc(Cl)c2)nn1. The number of rotatable bonds is 6. The van der Waals surface area contributed by atoms with Crippen molar-refractivity contribution >= 4 is 11.6 Å². The maximum absolute atomic E-state index is 9.61. The lowest BCUT2D eigenvalue weighted by molar-refractivity contribution is 0.168. The van der Waals surface area contributed by atoms with Gasteiger partial charge in [-0.15, -0.1) is 5.10 Å². The molecule has 1 N–H and O–H groups in total. The molecule has 0 bridgehead atoms. The van der Waals surface area contributed by atoms with Crippen LogP contribution in [0.3, 0.4) is 0 Å². The van der Waals surface area contributed by atoms with Gasteiger partial charge in [-0.2, -0.15) is 0 Å². The van der Waals surface area contributed by atoms with E-state index in [1.165, 1.54) is 0 Å². The van der Waals surface area contributed by atoms with Crippen LogP contribution in [0.25, 0.3) is 0 Å². The highest BCUT2D eigenvalue weighted by molar-refractivity contribution is 6.30. The van der Waals surface area contributed by atoms with E-state index in [1.54, 1.807) is 23.0 Å². The van der Waals surface area contributed by atoms with E-state index in [2.05, 4.69) is 10.3 Å². The second kappa shape index (κ2) is 6.54. The number of hydrogen-bond donors (Lipinski definition) is 1. The van der Waals surface area contributed by atoms with Crippen molar-refractivity contribution in [1.82, 2.24) is 15.0 Å². The predicted molar refractivity (Wildman–Crippen MR) is 72.2 cm³/mol. The Balaban J connectivity index is 1.84. The molecular weight excluding hydrogens is 266 g/mol. The van der Waals surface area contributed by atoms with Gasteiger partial charge >= 0.3 is 0 Å². The van der Waals surface area contributed by atoms with Crippen LogP contribution in [0.1, 0.15) is 25.1 Å². The van der Waals surface area contributed by atoms with E-state index in [9.17, 15) is 5.11 Å². The van der Waals surface area contributed by atoms with Crippen molar-refractivity contribution in [3.05, 3.63) is 41.2 Å². The van der Waals surface area contributed by atoms with Gasteiger partial charge in [-0.25, -0.2) is 4.68 Å². The van der Waals surface area contributed by atoms with Gasteiger partial charge in [0.05, 0.1) is 18.8 Å². The fourth-order valence-corrected chi connectivity index (χ4v) is 1.78. The fourth-order valence-electron chi connectivity index (χ4n) is 1.60. The quantitative estimate of drug-likeness (QED) is 0.883. The zero-order chi connectivity index (χ0) is 13.7. The Kier molecular flexibility index (Phi) is 4.76. The van der Waals surface area contributed by atoms with Crippen molar-refractivity contribution < 1.29 is 9.84 Å². The molecule has 0 saturated carbocycles. The van der Waals surface area contributed by atoms with E-state index in [4.69, 9.17) is 16.3 Å². The third kappa shape index (κ3) is 3.94. The lowest BCUT2D eigenvalue weighted by Crippen LogP contribution is -2.08. The molecule has 0 aliphatic carbocycles. The topological polar surface area (TPSA) is 60.2 Å². The molecule has 0 fully saturated rings. The molecule has 0 spiro atoms. The van der Waals surface area contributed by atoms with E-state index in [1.807, 2.05) is 19.1 Å². The summed E-state index contributed by atoms with van der Waals surface area (Å²) in [4.78, 5) is 0. The third-order valence-electron chi connectivity index (χ3n) is 2.67. The number of ether oxygens (including phenoxy) is 1. The van der Waals surface area contributed by atoms with Crippen LogP contribution in [0.5, 0.6) is 5.75 Å². The Morgan fingerprint density at radius 3 is 3.05 bits per heavy atom. The van der Waals surface area contributed by atoms with E-state index < -0.39 is 6.10 Å². The number of halogens is 1. The van der Waals surface area contributed by atoms with E-state index in [0.29, 0.717) is 30.3 Å². The minimum absolute atomic E-state index is 0.464. The summed E-state index contributed by atoms with van der Waals surface area (Å²) >= 11 is 5.86. The van der Waals surface area contributed by atoms with Crippen LogP contribution >= 0.6 is 11.6 Å².